The predicted octanol–water partition coefficient (Wildman–Crippen LogP) is 1.06. The largest absolute Gasteiger partial charge is 0.374 e. The first-order valence-electron chi connectivity index (χ1n) is 5.46. The van der Waals surface area contributed by atoms with E-state index in [0.29, 0.717) is 5.69 Å². The summed E-state index contributed by atoms with van der Waals surface area (Å²) < 4.78 is 0. The number of primary amides is 1. The van der Waals surface area contributed by atoms with Crippen LogP contribution in [0.1, 0.15) is 16.1 Å². The average molecular weight is 294 g/mol. The van der Waals surface area contributed by atoms with Gasteiger partial charge in [0.25, 0.3) is 5.69 Å². The molecule has 2 aromatic rings. The lowest BCUT2D eigenvalue weighted by atomic mass is 10.1. The highest BCUT2D eigenvalue weighted by Crippen LogP contribution is 2.25. The van der Waals surface area contributed by atoms with Crippen molar-refractivity contribution in [2.75, 3.05) is 5.32 Å². The number of hydrogen-bond acceptors (Lipinski definition) is 6. The first kappa shape index (κ1) is 13.7. The first-order chi connectivity index (χ1) is 9.47. The summed E-state index contributed by atoms with van der Waals surface area (Å²) in [7, 11) is 0. The highest BCUT2D eigenvalue weighted by Gasteiger charge is 2.16. The van der Waals surface area contributed by atoms with Gasteiger partial charge in [0, 0.05) is 22.7 Å². The normalized spacial score (nSPS) is 10.2. The van der Waals surface area contributed by atoms with E-state index >= 15 is 0 Å². The number of aromatic nitrogens is 1. The zero-order valence-electron chi connectivity index (χ0n) is 10.1. The molecule has 104 valence electrons. The topological polar surface area (TPSA) is 131 Å². The van der Waals surface area contributed by atoms with Crippen molar-refractivity contribution in [3.8, 4) is 0 Å². The Bertz CT molecular complexity index is 721. The number of carbonyl (C=O) groups is 1. The van der Waals surface area contributed by atoms with E-state index in [1.165, 1.54) is 12.1 Å². The van der Waals surface area contributed by atoms with Gasteiger partial charge in [-0.25, -0.2) is 0 Å². The molecule has 0 saturated heterocycles. The molecule has 8 nitrogen and oxygen atoms in total. The van der Waals surface area contributed by atoms with Gasteiger partial charge in [-0.2, -0.15) is 0 Å². The lowest BCUT2D eigenvalue weighted by Crippen LogP contribution is -2.12. The van der Waals surface area contributed by atoms with E-state index in [9.17, 15) is 19.7 Å². The molecule has 0 spiro atoms. The summed E-state index contributed by atoms with van der Waals surface area (Å²) >= 11 is 1.01. The van der Waals surface area contributed by atoms with Crippen molar-refractivity contribution in [2.45, 2.75) is 6.54 Å². The van der Waals surface area contributed by atoms with Crippen molar-refractivity contribution in [3.05, 3.63) is 54.6 Å². The number of thiazole rings is 1. The van der Waals surface area contributed by atoms with Crippen LogP contribution in [0, 0.1) is 10.1 Å². The molecule has 0 unspecified atom stereocenters. The number of H-pyrrole nitrogens is 1. The molecule has 0 atom stereocenters. The van der Waals surface area contributed by atoms with E-state index in [1.54, 1.807) is 5.38 Å². The molecule has 20 heavy (non-hydrogen) atoms. The van der Waals surface area contributed by atoms with Crippen LogP contribution in [0.25, 0.3) is 0 Å². The quantitative estimate of drug-likeness (QED) is 0.560. The third-order valence-corrected chi connectivity index (χ3v) is 3.24. The third-order valence-electron chi connectivity index (χ3n) is 2.52. The molecule has 0 fully saturated rings. The third kappa shape index (κ3) is 3.01. The molecule has 0 aliphatic heterocycles. The zero-order chi connectivity index (χ0) is 14.7. The number of carbonyl (C=O) groups excluding carboxylic acids is 1. The predicted molar refractivity (Wildman–Crippen MR) is 73.9 cm³/mol. The second-order valence-electron chi connectivity index (χ2n) is 3.88. The molecule has 0 bridgehead atoms. The molecule has 2 rings (SSSR count). The van der Waals surface area contributed by atoms with E-state index in [4.69, 9.17) is 5.73 Å². The number of nitrogens with zero attached hydrogens (tertiary/aromatic N) is 1. The molecule has 1 aromatic heterocycles. The summed E-state index contributed by atoms with van der Waals surface area (Å²) in [4.78, 5) is 34.7. The molecule has 0 saturated carbocycles. The van der Waals surface area contributed by atoms with Crippen LogP contribution in [0.5, 0.6) is 0 Å². The van der Waals surface area contributed by atoms with Gasteiger partial charge in [-0.1, -0.05) is 11.3 Å². The fraction of sp³-hybridized carbons (Fsp3) is 0.0909. The summed E-state index contributed by atoms with van der Waals surface area (Å²) in [6.07, 6.45) is 0. The highest BCUT2D eigenvalue weighted by molar-refractivity contribution is 7.07. The number of nitro benzene ring substituents is 1. The second kappa shape index (κ2) is 5.53. The number of nitrogens with two attached hydrogens (primary N) is 1. The Morgan fingerprint density at radius 3 is 2.80 bits per heavy atom. The monoisotopic (exact) mass is 294 g/mol. The van der Waals surface area contributed by atoms with Crippen LogP contribution in [0.2, 0.25) is 0 Å². The number of anilines is 1. The Morgan fingerprint density at radius 2 is 2.25 bits per heavy atom. The van der Waals surface area contributed by atoms with Gasteiger partial charge in [0.15, 0.2) is 0 Å². The number of aromatic amines is 1. The van der Waals surface area contributed by atoms with Gasteiger partial charge in [-0.15, -0.1) is 0 Å². The molecule has 0 aliphatic rings. The van der Waals surface area contributed by atoms with Crippen LogP contribution >= 0.6 is 11.3 Å². The molecule has 0 aliphatic carbocycles. The summed E-state index contributed by atoms with van der Waals surface area (Å²) in [5.74, 6) is -0.734. The molecule has 1 aromatic carbocycles. The molecular weight excluding hydrogens is 284 g/mol. The van der Waals surface area contributed by atoms with E-state index in [1.807, 2.05) is 0 Å². The molecule has 4 N–H and O–H groups in total. The number of nitro groups is 1. The van der Waals surface area contributed by atoms with Crippen LogP contribution in [-0.4, -0.2) is 15.8 Å². The smallest absolute Gasteiger partial charge is 0.304 e. The maximum atomic E-state index is 11.0. The average Bonchev–Trinajstić information content (AvgIpc) is 2.81. The van der Waals surface area contributed by atoms with E-state index in [-0.39, 0.29) is 28.4 Å². The van der Waals surface area contributed by atoms with Crippen molar-refractivity contribution >= 4 is 28.6 Å². The number of amides is 1. The van der Waals surface area contributed by atoms with Gasteiger partial charge in [0.1, 0.15) is 5.69 Å². The van der Waals surface area contributed by atoms with Gasteiger partial charge >= 0.3 is 4.87 Å². The van der Waals surface area contributed by atoms with Gasteiger partial charge in [-0.3, -0.25) is 19.7 Å². The lowest BCUT2D eigenvalue weighted by molar-refractivity contribution is -0.384. The summed E-state index contributed by atoms with van der Waals surface area (Å²) in [5.41, 5.74) is 5.75. The fourth-order valence-corrected chi connectivity index (χ4v) is 2.16. The minimum atomic E-state index is -0.734. The van der Waals surface area contributed by atoms with Gasteiger partial charge < -0.3 is 16.0 Å². The number of hydrogen-bond donors (Lipinski definition) is 3. The number of benzene rings is 1. The van der Waals surface area contributed by atoms with E-state index in [2.05, 4.69) is 10.3 Å². The number of rotatable bonds is 5. The summed E-state index contributed by atoms with van der Waals surface area (Å²) in [5, 5.41) is 15.4. The van der Waals surface area contributed by atoms with Crippen molar-refractivity contribution in [2.24, 2.45) is 5.73 Å². The maximum absolute atomic E-state index is 11.0. The van der Waals surface area contributed by atoms with Gasteiger partial charge in [0.2, 0.25) is 5.91 Å². The molecule has 9 heteroatoms. The van der Waals surface area contributed by atoms with Gasteiger partial charge in [0.05, 0.1) is 11.5 Å². The lowest BCUT2D eigenvalue weighted by Gasteiger charge is -2.06. The SMILES string of the molecule is NC(=O)c1ccc(NCc2csc(=O)[nH]2)c([N+](=O)[O-])c1. The Hall–Kier alpha value is -2.68. The van der Waals surface area contributed by atoms with Crippen molar-refractivity contribution in [3.63, 3.8) is 0 Å². The van der Waals surface area contributed by atoms with Crippen LogP contribution in [0.4, 0.5) is 11.4 Å². The van der Waals surface area contributed by atoms with Crippen LogP contribution in [0.15, 0.2) is 28.4 Å². The van der Waals surface area contributed by atoms with Gasteiger partial charge in [-0.05, 0) is 12.1 Å². The summed E-state index contributed by atoms with van der Waals surface area (Å²) in [6, 6.07) is 3.91. The van der Waals surface area contributed by atoms with Crippen LogP contribution < -0.4 is 15.9 Å². The van der Waals surface area contributed by atoms with Crippen molar-refractivity contribution < 1.29 is 9.72 Å². The Kier molecular flexibility index (Phi) is 3.80. The summed E-state index contributed by atoms with van der Waals surface area (Å²) in [6.45, 7) is 0.232. The number of nitrogens with one attached hydrogen (secondary N) is 2. The highest BCUT2D eigenvalue weighted by atomic mass is 32.1. The molecule has 1 heterocycles. The van der Waals surface area contributed by atoms with E-state index in [0.717, 1.165) is 17.4 Å². The van der Waals surface area contributed by atoms with Crippen molar-refractivity contribution in [1.29, 1.82) is 0 Å². The standard InChI is InChI=1S/C11H10N4O4S/c12-10(16)6-1-2-8(9(3-6)15(18)19)13-4-7-5-20-11(17)14-7/h1-3,5,13H,4H2,(H2,12,16)(H,14,17). The zero-order valence-corrected chi connectivity index (χ0v) is 10.9. The van der Waals surface area contributed by atoms with E-state index < -0.39 is 10.8 Å². The molecule has 1 amide bonds. The van der Waals surface area contributed by atoms with Crippen LogP contribution in [0.3, 0.4) is 0 Å². The van der Waals surface area contributed by atoms with Crippen molar-refractivity contribution in [1.82, 2.24) is 4.98 Å². The minimum Gasteiger partial charge on any atom is -0.374 e. The fourth-order valence-electron chi connectivity index (χ4n) is 1.58. The van der Waals surface area contributed by atoms with Crippen LogP contribution in [-0.2, 0) is 6.54 Å². The Balaban J connectivity index is 2.24. The molecular formula is C11H10N4O4S. The maximum Gasteiger partial charge on any atom is 0.304 e. The second-order valence-corrected chi connectivity index (χ2v) is 4.72. The first-order valence-corrected chi connectivity index (χ1v) is 6.34. The minimum absolute atomic E-state index is 0.0613. The Labute approximate surface area is 116 Å². The Morgan fingerprint density at radius 1 is 1.50 bits per heavy atom. The molecule has 0 radical (unpaired) electrons.